The molecule has 1 aromatic heterocycles. The average molecular weight is 362 g/mol. The molecule has 138 valence electrons. The third-order valence-electron chi connectivity index (χ3n) is 4.83. The van der Waals surface area contributed by atoms with Gasteiger partial charge in [-0.25, -0.2) is 9.78 Å². The Kier molecular flexibility index (Phi) is 4.18. The molecule has 0 saturated carbocycles. The number of anilines is 2. The number of rotatable bonds is 4. The van der Waals surface area contributed by atoms with Crippen LogP contribution < -0.4 is 10.2 Å². The van der Waals surface area contributed by atoms with Crippen LogP contribution in [0.2, 0.25) is 0 Å². The van der Waals surface area contributed by atoms with Gasteiger partial charge < -0.3 is 10.1 Å². The third-order valence-corrected chi connectivity index (χ3v) is 4.83. The first-order valence-corrected chi connectivity index (χ1v) is 8.99. The van der Waals surface area contributed by atoms with Gasteiger partial charge in [0, 0.05) is 6.20 Å². The maximum atomic E-state index is 12.1. The highest BCUT2D eigenvalue weighted by molar-refractivity contribution is 5.90. The van der Waals surface area contributed by atoms with Crippen LogP contribution in [0, 0.1) is 0 Å². The second-order valence-electron chi connectivity index (χ2n) is 7.41. The maximum Gasteiger partial charge on any atom is 0.416 e. The van der Waals surface area contributed by atoms with E-state index in [1.165, 1.54) is 10.8 Å². The molecule has 1 amide bonds. The molecule has 2 heterocycles. The van der Waals surface area contributed by atoms with Crippen molar-refractivity contribution < 1.29 is 9.53 Å². The first-order chi connectivity index (χ1) is 12.9. The summed E-state index contributed by atoms with van der Waals surface area (Å²) in [6.45, 7) is 6.30. The smallest absolute Gasteiger partial charge is 0.416 e. The zero-order valence-corrected chi connectivity index (χ0v) is 15.6. The molecule has 6 nitrogen and oxygen atoms in total. The highest BCUT2D eigenvalue weighted by atomic mass is 16.6. The lowest BCUT2D eigenvalue weighted by atomic mass is 10.0. The Balaban J connectivity index is 1.58. The number of benzene rings is 2. The summed E-state index contributed by atoms with van der Waals surface area (Å²) in [5.74, 6) is 1.01. The van der Waals surface area contributed by atoms with Gasteiger partial charge in [-0.2, -0.15) is 4.98 Å². The molecule has 27 heavy (non-hydrogen) atoms. The summed E-state index contributed by atoms with van der Waals surface area (Å²) < 4.78 is 5.17. The van der Waals surface area contributed by atoms with Crippen molar-refractivity contribution in [3.63, 3.8) is 0 Å². The molecule has 4 rings (SSSR count). The number of fused-ring (bicyclic) bond motifs is 1. The van der Waals surface area contributed by atoms with Gasteiger partial charge >= 0.3 is 6.09 Å². The molecule has 1 aliphatic rings. The van der Waals surface area contributed by atoms with Crippen molar-refractivity contribution in [3.8, 4) is 0 Å². The molecule has 6 heteroatoms. The summed E-state index contributed by atoms with van der Waals surface area (Å²) >= 11 is 0. The maximum absolute atomic E-state index is 12.1. The van der Waals surface area contributed by atoms with Crippen LogP contribution in [0.15, 0.2) is 54.7 Å². The second kappa shape index (κ2) is 6.54. The highest BCUT2D eigenvalue weighted by Gasteiger charge is 2.41. The number of carbonyl (C=O) groups is 1. The molecule has 1 aliphatic heterocycles. The molecular formula is C21H22N4O2. The minimum Gasteiger partial charge on any atom is -0.447 e. The van der Waals surface area contributed by atoms with Gasteiger partial charge in [0.25, 0.3) is 0 Å². The first kappa shape index (κ1) is 17.3. The molecule has 1 unspecified atom stereocenters. The number of hydrogen-bond donors (Lipinski definition) is 1. The van der Waals surface area contributed by atoms with Gasteiger partial charge in [-0.3, -0.25) is 4.90 Å². The Labute approximate surface area is 158 Å². The van der Waals surface area contributed by atoms with E-state index in [0.717, 1.165) is 5.56 Å². The number of cyclic esters (lactones) is 1. The highest BCUT2D eigenvalue weighted by Crippen LogP contribution is 2.30. The van der Waals surface area contributed by atoms with E-state index in [0.29, 0.717) is 18.4 Å². The number of aromatic nitrogens is 2. The molecule has 1 fully saturated rings. The Morgan fingerprint density at radius 1 is 1.15 bits per heavy atom. The fourth-order valence-electron chi connectivity index (χ4n) is 3.32. The standard InChI is InChI=1S/C21H22N4O2/c1-14(16-9-8-15-6-4-5-7-17(15)12-16)23-19-22-11-10-18(24-19)25-20(26)27-13-21(25,2)3/h4-12,14H,13H2,1-3H3,(H,22,23,24). The Morgan fingerprint density at radius 3 is 2.67 bits per heavy atom. The van der Waals surface area contributed by atoms with Crippen molar-refractivity contribution >= 4 is 28.6 Å². The van der Waals surface area contributed by atoms with Gasteiger partial charge in [-0.1, -0.05) is 36.4 Å². The third kappa shape index (κ3) is 3.30. The summed E-state index contributed by atoms with van der Waals surface area (Å²) in [5.41, 5.74) is 0.704. The van der Waals surface area contributed by atoms with Crippen LogP contribution in [0.5, 0.6) is 0 Å². The van der Waals surface area contributed by atoms with Gasteiger partial charge in [0.2, 0.25) is 5.95 Å². The van der Waals surface area contributed by atoms with Crippen LogP contribution in [0.25, 0.3) is 10.8 Å². The van der Waals surface area contributed by atoms with Crippen molar-refractivity contribution in [2.75, 3.05) is 16.8 Å². The zero-order valence-electron chi connectivity index (χ0n) is 15.6. The van der Waals surface area contributed by atoms with Crippen LogP contribution >= 0.6 is 0 Å². The molecule has 0 bridgehead atoms. The molecule has 2 aromatic carbocycles. The number of nitrogens with zero attached hydrogens (tertiary/aromatic N) is 3. The van der Waals surface area contributed by atoms with E-state index < -0.39 is 5.54 Å². The predicted molar refractivity (Wildman–Crippen MR) is 106 cm³/mol. The van der Waals surface area contributed by atoms with Gasteiger partial charge in [-0.15, -0.1) is 0 Å². The van der Waals surface area contributed by atoms with Gasteiger partial charge in [0.1, 0.15) is 12.4 Å². The predicted octanol–water partition coefficient (Wildman–Crippen LogP) is 4.54. The van der Waals surface area contributed by atoms with Gasteiger partial charge in [0.05, 0.1) is 11.6 Å². The first-order valence-electron chi connectivity index (χ1n) is 8.99. The fraction of sp³-hybridized carbons (Fsp3) is 0.286. The molecule has 0 aliphatic carbocycles. The fourth-order valence-corrected chi connectivity index (χ4v) is 3.32. The summed E-state index contributed by atoms with van der Waals surface area (Å²) in [5, 5.41) is 5.73. The SMILES string of the molecule is CC(Nc1nccc(N2C(=O)OCC2(C)C)n1)c1ccc2ccccc2c1. The Bertz CT molecular complexity index is 1000. The molecule has 0 spiro atoms. The van der Waals surface area contributed by atoms with E-state index >= 15 is 0 Å². The Hall–Kier alpha value is -3.15. The normalized spacial score (nSPS) is 17.0. The number of amides is 1. The van der Waals surface area contributed by atoms with Crippen LogP contribution in [0.3, 0.4) is 0 Å². The Morgan fingerprint density at radius 2 is 1.93 bits per heavy atom. The van der Waals surface area contributed by atoms with Crippen molar-refractivity contribution in [3.05, 3.63) is 60.3 Å². The van der Waals surface area contributed by atoms with E-state index in [2.05, 4.69) is 52.5 Å². The van der Waals surface area contributed by atoms with Crippen LogP contribution in [0.4, 0.5) is 16.6 Å². The lowest BCUT2D eigenvalue weighted by Gasteiger charge is -2.27. The van der Waals surface area contributed by atoms with Crippen molar-refractivity contribution in [1.82, 2.24) is 9.97 Å². The second-order valence-corrected chi connectivity index (χ2v) is 7.41. The number of hydrogen-bond acceptors (Lipinski definition) is 5. The lowest BCUT2D eigenvalue weighted by molar-refractivity contribution is 0.175. The number of carbonyl (C=O) groups excluding carboxylic acids is 1. The van der Waals surface area contributed by atoms with Gasteiger partial charge in [0.15, 0.2) is 0 Å². The van der Waals surface area contributed by atoms with Crippen molar-refractivity contribution in [2.24, 2.45) is 0 Å². The van der Waals surface area contributed by atoms with E-state index in [1.807, 2.05) is 26.0 Å². The van der Waals surface area contributed by atoms with E-state index in [9.17, 15) is 4.79 Å². The summed E-state index contributed by atoms with van der Waals surface area (Å²) in [7, 11) is 0. The van der Waals surface area contributed by atoms with Crippen molar-refractivity contribution in [2.45, 2.75) is 32.4 Å². The van der Waals surface area contributed by atoms with E-state index in [1.54, 1.807) is 17.2 Å². The molecule has 1 saturated heterocycles. The van der Waals surface area contributed by atoms with Crippen LogP contribution in [0.1, 0.15) is 32.4 Å². The monoisotopic (exact) mass is 362 g/mol. The molecular weight excluding hydrogens is 340 g/mol. The molecule has 3 aromatic rings. The summed E-state index contributed by atoms with van der Waals surface area (Å²) in [4.78, 5) is 22.5. The van der Waals surface area contributed by atoms with Gasteiger partial charge in [-0.05, 0) is 49.2 Å². The summed E-state index contributed by atoms with van der Waals surface area (Å²) in [6, 6.07) is 16.4. The average Bonchev–Trinajstić information content (AvgIpc) is 2.94. The number of ether oxygens (including phenoxy) is 1. The molecule has 0 radical (unpaired) electrons. The molecule has 1 N–H and O–H groups in total. The van der Waals surface area contributed by atoms with Crippen LogP contribution in [-0.2, 0) is 4.74 Å². The lowest BCUT2D eigenvalue weighted by Crippen LogP contribution is -2.42. The van der Waals surface area contributed by atoms with E-state index in [4.69, 9.17) is 4.74 Å². The quantitative estimate of drug-likeness (QED) is 0.738. The topological polar surface area (TPSA) is 67.4 Å². The summed E-state index contributed by atoms with van der Waals surface area (Å²) in [6.07, 6.45) is 1.27. The molecule has 1 atom stereocenters. The largest absolute Gasteiger partial charge is 0.447 e. The minimum absolute atomic E-state index is 0.0170. The van der Waals surface area contributed by atoms with Crippen LogP contribution in [-0.4, -0.2) is 28.2 Å². The number of nitrogens with one attached hydrogen (secondary N) is 1. The van der Waals surface area contributed by atoms with E-state index in [-0.39, 0.29) is 12.1 Å². The zero-order chi connectivity index (χ0) is 19.0. The minimum atomic E-state index is -0.438. The van der Waals surface area contributed by atoms with Crippen molar-refractivity contribution in [1.29, 1.82) is 0 Å².